The molecule has 2 heteroatoms. The van der Waals surface area contributed by atoms with E-state index in [1.807, 2.05) is 13.2 Å². The fourth-order valence-corrected chi connectivity index (χ4v) is 1.80. The Labute approximate surface area is 93.1 Å². The van der Waals surface area contributed by atoms with Gasteiger partial charge in [0.1, 0.15) is 5.76 Å². The predicted octanol–water partition coefficient (Wildman–Crippen LogP) is 3.67. The molecule has 0 spiro atoms. The normalized spacial score (nSPS) is 15.2. The summed E-state index contributed by atoms with van der Waals surface area (Å²) in [5.41, 5.74) is 1.29. The predicted molar refractivity (Wildman–Crippen MR) is 63.9 cm³/mol. The lowest BCUT2D eigenvalue weighted by Gasteiger charge is -2.19. The van der Waals surface area contributed by atoms with Crippen molar-refractivity contribution in [3.8, 4) is 0 Å². The highest BCUT2D eigenvalue weighted by atomic mass is 16.3. The average molecular weight is 209 g/mol. The minimum atomic E-state index is 0.447. The van der Waals surface area contributed by atoms with E-state index in [0.717, 1.165) is 18.2 Å². The summed E-state index contributed by atoms with van der Waals surface area (Å²) in [7, 11) is 0. The molecule has 0 aromatic carbocycles. The van der Waals surface area contributed by atoms with Gasteiger partial charge < -0.3 is 9.73 Å². The molecule has 0 radical (unpaired) electrons. The molecule has 1 heterocycles. The Bertz CT molecular complexity index is 280. The van der Waals surface area contributed by atoms with E-state index in [1.54, 1.807) is 0 Å². The molecule has 86 valence electrons. The molecule has 0 saturated carbocycles. The maximum Gasteiger partial charge on any atom is 0.101 e. The van der Waals surface area contributed by atoms with Gasteiger partial charge in [-0.3, -0.25) is 0 Å². The smallest absolute Gasteiger partial charge is 0.101 e. The molecule has 0 fully saturated rings. The zero-order valence-corrected chi connectivity index (χ0v) is 10.3. The molecule has 2 atom stereocenters. The molecule has 1 aromatic rings. The van der Waals surface area contributed by atoms with Crippen LogP contribution >= 0.6 is 0 Å². The van der Waals surface area contributed by atoms with Crippen molar-refractivity contribution in [1.29, 1.82) is 0 Å². The molecule has 0 amide bonds. The van der Waals surface area contributed by atoms with Gasteiger partial charge >= 0.3 is 0 Å². The number of nitrogens with one attached hydrogen (secondary N) is 1. The zero-order valence-electron chi connectivity index (χ0n) is 10.3. The summed E-state index contributed by atoms with van der Waals surface area (Å²) in [6, 6.07) is 2.58. The van der Waals surface area contributed by atoms with Gasteiger partial charge in [-0.25, -0.2) is 0 Å². The van der Waals surface area contributed by atoms with Gasteiger partial charge in [-0.05, 0) is 31.9 Å². The van der Waals surface area contributed by atoms with E-state index in [4.69, 9.17) is 4.42 Å². The minimum Gasteiger partial charge on any atom is -0.469 e. The van der Waals surface area contributed by atoms with Gasteiger partial charge in [0.2, 0.25) is 0 Å². The number of aryl methyl sites for hydroxylation is 1. The maximum absolute atomic E-state index is 5.37. The first kappa shape index (κ1) is 12.3. The van der Waals surface area contributed by atoms with Crippen molar-refractivity contribution in [3.05, 3.63) is 23.7 Å². The highest BCUT2D eigenvalue weighted by Crippen LogP contribution is 2.24. The van der Waals surface area contributed by atoms with Crippen molar-refractivity contribution in [2.45, 2.75) is 46.6 Å². The molecule has 2 nitrogen and oxygen atoms in total. The van der Waals surface area contributed by atoms with Crippen molar-refractivity contribution in [2.24, 2.45) is 5.92 Å². The Balaban J connectivity index is 2.65. The molecule has 1 aromatic heterocycles. The van der Waals surface area contributed by atoms with Crippen LogP contribution in [0.4, 0.5) is 0 Å². The van der Waals surface area contributed by atoms with Crippen LogP contribution in [0, 0.1) is 12.8 Å². The highest BCUT2D eigenvalue weighted by molar-refractivity contribution is 5.16. The standard InChI is InChI=1S/C13H23NO/c1-5-10(3)7-13(14-6-2)12-8-11(4)15-9-12/h8-10,13-14H,5-7H2,1-4H3. The zero-order chi connectivity index (χ0) is 11.3. The van der Waals surface area contributed by atoms with Crippen molar-refractivity contribution in [1.82, 2.24) is 5.32 Å². The Hall–Kier alpha value is -0.760. The average Bonchev–Trinajstić information content (AvgIpc) is 2.64. The molecular weight excluding hydrogens is 186 g/mol. The first-order valence-corrected chi connectivity index (χ1v) is 5.95. The van der Waals surface area contributed by atoms with E-state index in [1.165, 1.54) is 18.4 Å². The van der Waals surface area contributed by atoms with Crippen molar-refractivity contribution in [2.75, 3.05) is 6.54 Å². The van der Waals surface area contributed by atoms with Crippen LogP contribution in [0.3, 0.4) is 0 Å². The van der Waals surface area contributed by atoms with Gasteiger partial charge in [0.15, 0.2) is 0 Å². The largest absolute Gasteiger partial charge is 0.469 e. The topological polar surface area (TPSA) is 25.2 Å². The summed E-state index contributed by atoms with van der Waals surface area (Å²) >= 11 is 0. The van der Waals surface area contributed by atoms with Crippen LogP contribution in [0.5, 0.6) is 0 Å². The third kappa shape index (κ3) is 3.71. The monoisotopic (exact) mass is 209 g/mol. The van der Waals surface area contributed by atoms with E-state index in [-0.39, 0.29) is 0 Å². The number of hydrogen-bond acceptors (Lipinski definition) is 2. The molecule has 0 aliphatic carbocycles. The van der Waals surface area contributed by atoms with E-state index in [0.29, 0.717) is 6.04 Å². The van der Waals surface area contributed by atoms with Crippen LogP contribution in [-0.2, 0) is 0 Å². The quantitative estimate of drug-likeness (QED) is 0.773. The van der Waals surface area contributed by atoms with Crippen LogP contribution in [0.25, 0.3) is 0 Å². The van der Waals surface area contributed by atoms with E-state index >= 15 is 0 Å². The van der Waals surface area contributed by atoms with E-state index in [2.05, 4.69) is 32.2 Å². The highest BCUT2D eigenvalue weighted by Gasteiger charge is 2.15. The SMILES string of the molecule is CCNC(CC(C)CC)c1coc(C)c1. The lowest BCUT2D eigenvalue weighted by Crippen LogP contribution is -2.22. The molecular formula is C13H23NO. The first-order valence-electron chi connectivity index (χ1n) is 5.95. The summed E-state index contributed by atoms with van der Waals surface area (Å²) in [4.78, 5) is 0. The van der Waals surface area contributed by atoms with Gasteiger partial charge in [-0.1, -0.05) is 27.2 Å². The van der Waals surface area contributed by atoms with E-state index < -0.39 is 0 Å². The third-order valence-corrected chi connectivity index (χ3v) is 2.94. The van der Waals surface area contributed by atoms with E-state index in [9.17, 15) is 0 Å². The summed E-state index contributed by atoms with van der Waals surface area (Å²) in [6.45, 7) is 9.70. The summed E-state index contributed by atoms with van der Waals surface area (Å²) < 4.78 is 5.37. The van der Waals surface area contributed by atoms with Crippen LogP contribution < -0.4 is 5.32 Å². The van der Waals surface area contributed by atoms with Gasteiger partial charge in [-0.15, -0.1) is 0 Å². The molecule has 1 rings (SSSR count). The summed E-state index contributed by atoms with van der Waals surface area (Å²) in [5.74, 6) is 1.75. The van der Waals surface area contributed by atoms with Crippen molar-refractivity contribution in [3.63, 3.8) is 0 Å². The van der Waals surface area contributed by atoms with Gasteiger partial charge in [0.25, 0.3) is 0 Å². The Morgan fingerprint density at radius 2 is 2.13 bits per heavy atom. The Morgan fingerprint density at radius 3 is 2.60 bits per heavy atom. The lowest BCUT2D eigenvalue weighted by atomic mass is 9.95. The molecule has 0 aliphatic heterocycles. The lowest BCUT2D eigenvalue weighted by molar-refractivity contribution is 0.405. The second kappa shape index (κ2) is 5.96. The van der Waals surface area contributed by atoms with Crippen molar-refractivity contribution >= 4 is 0 Å². The van der Waals surface area contributed by atoms with Crippen LogP contribution in [0.2, 0.25) is 0 Å². The second-order valence-electron chi connectivity index (χ2n) is 4.35. The molecule has 0 saturated heterocycles. The van der Waals surface area contributed by atoms with Crippen LogP contribution in [0.1, 0.15) is 51.0 Å². The van der Waals surface area contributed by atoms with Crippen molar-refractivity contribution < 1.29 is 4.42 Å². The van der Waals surface area contributed by atoms with Gasteiger partial charge in [0.05, 0.1) is 6.26 Å². The number of rotatable bonds is 6. The Kier molecular flexibility index (Phi) is 4.89. The van der Waals surface area contributed by atoms with Gasteiger partial charge in [-0.2, -0.15) is 0 Å². The summed E-state index contributed by atoms with van der Waals surface area (Å²) in [6.07, 6.45) is 4.30. The summed E-state index contributed by atoms with van der Waals surface area (Å²) in [5, 5.41) is 3.52. The second-order valence-corrected chi connectivity index (χ2v) is 4.35. The molecule has 2 unspecified atom stereocenters. The van der Waals surface area contributed by atoms with Crippen LogP contribution in [0.15, 0.2) is 16.7 Å². The fourth-order valence-electron chi connectivity index (χ4n) is 1.80. The maximum atomic E-state index is 5.37. The minimum absolute atomic E-state index is 0.447. The third-order valence-electron chi connectivity index (χ3n) is 2.94. The Morgan fingerprint density at radius 1 is 1.40 bits per heavy atom. The molecule has 0 bridgehead atoms. The fraction of sp³-hybridized carbons (Fsp3) is 0.692. The molecule has 15 heavy (non-hydrogen) atoms. The number of furan rings is 1. The van der Waals surface area contributed by atoms with Crippen LogP contribution in [-0.4, -0.2) is 6.54 Å². The molecule has 0 aliphatic rings. The van der Waals surface area contributed by atoms with Gasteiger partial charge in [0, 0.05) is 11.6 Å². The number of hydrogen-bond donors (Lipinski definition) is 1. The first-order chi connectivity index (χ1) is 7.17. The molecule has 1 N–H and O–H groups in total.